The Bertz CT molecular complexity index is 167. The van der Waals surface area contributed by atoms with Crippen LogP contribution in [0.5, 0.6) is 0 Å². The molecule has 0 spiro atoms. The highest BCUT2D eigenvalue weighted by atomic mass is 16.5. The van der Waals surface area contributed by atoms with E-state index in [4.69, 9.17) is 15.2 Å². The molecule has 1 aliphatic rings. The van der Waals surface area contributed by atoms with E-state index in [0.717, 1.165) is 39.3 Å². The molecule has 0 saturated carbocycles. The van der Waals surface area contributed by atoms with Crippen molar-refractivity contribution in [3.05, 3.63) is 0 Å². The molecule has 2 atom stereocenters. The molecule has 4 heteroatoms. The van der Waals surface area contributed by atoms with E-state index in [0.29, 0.717) is 12.6 Å². The van der Waals surface area contributed by atoms with Crippen LogP contribution in [0.3, 0.4) is 0 Å². The Hall–Kier alpha value is -0.160. The summed E-state index contributed by atoms with van der Waals surface area (Å²) >= 11 is 0. The fourth-order valence-corrected chi connectivity index (χ4v) is 1.97. The summed E-state index contributed by atoms with van der Waals surface area (Å²) in [6, 6.07) is 0. The van der Waals surface area contributed by atoms with Crippen LogP contribution < -0.4 is 5.73 Å². The summed E-state index contributed by atoms with van der Waals surface area (Å²) in [5.74, 6) is 0. The smallest absolute Gasteiger partial charge is 0.0823 e. The highest BCUT2D eigenvalue weighted by Gasteiger charge is 2.18. The van der Waals surface area contributed by atoms with E-state index < -0.39 is 0 Å². The molecule has 1 fully saturated rings. The third-order valence-corrected chi connectivity index (χ3v) is 2.66. The van der Waals surface area contributed by atoms with Crippen molar-refractivity contribution in [1.29, 1.82) is 0 Å². The maximum Gasteiger partial charge on any atom is 0.0823 e. The van der Waals surface area contributed by atoms with Crippen LogP contribution in [0.4, 0.5) is 0 Å². The average molecular weight is 216 g/mol. The highest BCUT2D eigenvalue weighted by molar-refractivity contribution is 4.71. The molecule has 2 N–H and O–H groups in total. The lowest BCUT2D eigenvalue weighted by atomic mass is 10.2. The molecular formula is C11H24N2O2. The SMILES string of the molecule is CCOC(CN)CN1CCCOC(C)C1. The first kappa shape index (κ1) is 12.9. The Labute approximate surface area is 92.7 Å². The number of nitrogens with two attached hydrogens (primary N) is 1. The molecule has 1 heterocycles. The largest absolute Gasteiger partial charge is 0.377 e. The minimum absolute atomic E-state index is 0.167. The van der Waals surface area contributed by atoms with Crippen LogP contribution in [0.15, 0.2) is 0 Å². The Balaban J connectivity index is 2.33. The van der Waals surface area contributed by atoms with Gasteiger partial charge < -0.3 is 15.2 Å². The van der Waals surface area contributed by atoms with Crippen LogP contribution in [0.2, 0.25) is 0 Å². The Kier molecular flexibility index (Phi) is 6.17. The van der Waals surface area contributed by atoms with Crippen LogP contribution in [0, 0.1) is 0 Å². The summed E-state index contributed by atoms with van der Waals surface area (Å²) in [6.45, 7) is 9.35. The number of rotatable bonds is 5. The maximum atomic E-state index is 5.67. The number of hydrogen-bond acceptors (Lipinski definition) is 4. The van der Waals surface area contributed by atoms with E-state index in [1.54, 1.807) is 0 Å². The van der Waals surface area contributed by atoms with Crippen LogP contribution in [0.1, 0.15) is 20.3 Å². The monoisotopic (exact) mass is 216 g/mol. The van der Waals surface area contributed by atoms with E-state index >= 15 is 0 Å². The zero-order valence-electron chi connectivity index (χ0n) is 9.95. The normalized spacial score (nSPS) is 26.2. The van der Waals surface area contributed by atoms with E-state index in [-0.39, 0.29) is 6.10 Å². The summed E-state index contributed by atoms with van der Waals surface area (Å²) in [4.78, 5) is 2.39. The third kappa shape index (κ3) is 4.93. The zero-order chi connectivity index (χ0) is 11.1. The summed E-state index contributed by atoms with van der Waals surface area (Å²) < 4.78 is 11.2. The molecule has 90 valence electrons. The fraction of sp³-hybridized carbons (Fsp3) is 1.00. The van der Waals surface area contributed by atoms with Crippen molar-refractivity contribution in [3.63, 3.8) is 0 Å². The van der Waals surface area contributed by atoms with E-state index in [9.17, 15) is 0 Å². The van der Waals surface area contributed by atoms with E-state index in [1.165, 1.54) is 0 Å². The molecule has 4 nitrogen and oxygen atoms in total. The van der Waals surface area contributed by atoms with Crippen LogP contribution in [0.25, 0.3) is 0 Å². The molecule has 0 amide bonds. The van der Waals surface area contributed by atoms with Crippen molar-refractivity contribution >= 4 is 0 Å². The molecule has 0 radical (unpaired) electrons. The Morgan fingerprint density at radius 3 is 3.07 bits per heavy atom. The van der Waals surface area contributed by atoms with E-state index in [2.05, 4.69) is 11.8 Å². The second-order valence-electron chi connectivity index (χ2n) is 4.11. The molecular weight excluding hydrogens is 192 g/mol. The highest BCUT2D eigenvalue weighted by Crippen LogP contribution is 2.06. The van der Waals surface area contributed by atoms with Gasteiger partial charge in [0.2, 0.25) is 0 Å². The summed E-state index contributed by atoms with van der Waals surface area (Å²) in [6.07, 6.45) is 1.60. The van der Waals surface area contributed by atoms with Gasteiger partial charge in [0.15, 0.2) is 0 Å². The van der Waals surface area contributed by atoms with Crippen LogP contribution in [-0.2, 0) is 9.47 Å². The van der Waals surface area contributed by atoms with Gasteiger partial charge in [-0.1, -0.05) is 0 Å². The number of ether oxygens (including phenoxy) is 2. The Morgan fingerprint density at radius 1 is 1.60 bits per heavy atom. The Morgan fingerprint density at radius 2 is 2.40 bits per heavy atom. The van der Waals surface area contributed by atoms with Gasteiger partial charge in [0.25, 0.3) is 0 Å². The van der Waals surface area contributed by atoms with Crippen LogP contribution in [-0.4, -0.2) is 56.5 Å². The summed E-state index contributed by atoms with van der Waals surface area (Å²) in [5, 5.41) is 0. The first-order chi connectivity index (χ1) is 7.26. The zero-order valence-corrected chi connectivity index (χ0v) is 9.95. The molecule has 0 aromatic heterocycles. The fourth-order valence-electron chi connectivity index (χ4n) is 1.97. The van der Waals surface area contributed by atoms with Gasteiger partial charge in [-0.25, -0.2) is 0 Å². The van der Waals surface area contributed by atoms with Gasteiger partial charge in [0.05, 0.1) is 12.2 Å². The number of nitrogens with zero attached hydrogens (tertiary/aromatic N) is 1. The van der Waals surface area contributed by atoms with Gasteiger partial charge in [-0.15, -0.1) is 0 Å². The summed E-state index contributed by atoms with van der Waals surface area (Å²) in [7, 11) is 0. The number of hydrogen-bond donors (Lipinski definition) is 1. The average Bonchev–Trinajstić information content (AvgIpc) is 2.42. The molecule has 0 aliphatic carbocycles. The molecule has 0 aromatic rings. The van der Waals surface area contributed by atoms with Gasteiger partial charge in [-0.05, 0) is 20.3 Å². The van der Waals surface area contributed by atoms with Crippen molar-refractivity contribution in [1.82, 2.24) is 4.90 Å². The molecule has 0 aromatic carbocycles. The predicted octanol–water partition coefficient (Wildman–Crippen LogP) is 0.461. The molecule has 1 aliphatic heterocycles. The molecule has 0 bridgehead atoms. The van der Waals surface area contributed by atoms with Crippen molar-refractivity contribution in [3.8, 4) is 0 Å². The second kappa shape index (κ2) is 7.17. The minimum Gasteiger partial charge on any atom is -0.377 e. The lowest BCUT2D eigenvalue weighted by Gasteiger charge is -2.26. The van der Waals surface area contributed by atoms with Crippen molar-refractivity contribution in [2.45, 2.75) is 32.5 Å². The minimum atomic E-state index is 0.167. The van der Waals surface area contributed by atoms with Crippen LogP contribution >= 0.6 is 0 Å². The lowest BCUT2D eigenvalue weighted by Crippen LogP contribution is -2.40. The molecule has 1 rings (SSSR count). The van der Waals surface area contributed by atoms with Crippen molar-refractivity contribution < 1.29 is 9.47 Å². The standard InChI is InChI=1S/C11H24N2O2/c1-3-14-11(7-12)9-13-5-4-6-15-10(2)8-13/h10-11H,3-9,12H2,1-2H3. The molecule has 2 unspecified atom stereocenters. The van der Waals surface area contributed by atoms with Gasteiger partial charge in [0.1, 0.15) is 0 Å². The third-order valence-electron chi connectivity index (χ3n) is 2.66. The van der Waals surface area contributed by atoms with Gasteiger partial charge >= 0.3 is 0 Å². The quantitative estimate of drug-likeness (QED) is 0.725. The summed E-state index contributed by atoms with van der Waals surface area (Å²) in [5.41, 5.74) is 5.67. The predicted molar refractivity (Wildman–Crippen MR) is 60.9 cm³/mol. The lowest BCUT2D eigenvalue weighted by molar-refractivity contribution is 0.0273. The second-order valence-corrected chi connectivity index (χ2v) is 4.11. The molecule has 15 heavy (non-hydrogen) atoms. The first-order valence-corrected chi connectivity index (χ1v) is 5.91. The molecule has 1 saturated heterocycles. The van der Waals surface area contributed by atoms with E-state index in [1.807, 2.05) is 6.92 Å². The van der Waals surface area contributed by atoms with Gasteiger partial charge in [0, 0.05) is 39.4 Å². The van der Waals surface area contributed by atoms with Gasteiger partial charge in [-0.3, -0.25) is 4.90 Å². The maximum absolute atomic E-state index is 5.67. The van der Waals surface area contributed by atoms with Crippen molar-refractivity contribution in [2.24, 2.45) is 5.73 Å². The van der Waals surface area contributed by atoms with Crippen molar-refractivity contribution in [2.75, 3.05) is 39.4 Å². The van der Waals surface area contributed by atoms with Gasteiger partial charge in [-0.2, -0.15) is 0 Å². The first-order valence-electron chi connectivity index (χ1n) is 5.91. The topological polar surface area (TPSA) is 47.7 Å².